The summed E-state index contributed by atoms with van der Waals surface area (Å²) in [5, 5.41) is 0. The van der Waals surface area contributed by atoms with Crippen molar-refractivity contribution in [1.82, 2.24) is 0 Å². The Morgan fingerprint density at radius 2 is 1.17 bits per heavy atom. The summed E-state index contributed by atoms with van der Waals surface area (Å²) in [5.41, 5.74) is 0. The molecule has 3 heteroatoms. The Morgan fingerprint density at radius 3 is 1.54 bits per heavy atom. The molecule has 0 nitrogen and oxygen atoms in total. The number of hydrogen-bond acceptors (Lipinski definition) is 0. The van der Waals surface area contributed by atoms with Gasteiger partial charge in [-0.1, -0.05) is 52.0 Å². The van der Waals surface area contributed by atoms with E-state index in [4.69, 9.17) is 17.0 Å². The Bertz CT molecular complexity index is 373. The predicted octanol–water partition coefficient (Wildman–Crippen LogP) is 7.60. The summed E-state index contributed by atoms with van der Waals surface area (Å²) in [6.07, 6.45) is 13.8. The van der Waals surface area contributed by atoms with E-state index in [2.05, 4.69) is 52.0 Å². The summed E-state index contributed by atoms with van der Waals surface area (Å²) in [6, 6.07) is 0. The van der Waals surface area contributed by atoms with Gasteiger partial charge in [0.2, 0.25) is 0 Å². The quantitative estimate of drug-likeness (QED) is 0.380. The van der Waals surface area contributed by atoms with E-state index in [9.17, 15) is 0 Å². The van der Waals surface area contributed by atoms with Crippen molar-refractivity contribution in [2.24, 2.45) is 47.3 Å². The van der Waals surface area contributed by atoms with Gasteiger partial charge in [0.25, 0.3) is 0 Å². The first-order valence-electron chi connectivity index (χ1n) is 8.80. The molecule has 0 N–H and O–H groups in total. The topological polar surface area (TPSA) is 0 Å². The molecule has 3 aliphatic carbocycles. The second-order valence-electron chi connectivity index (χ2n) is 7.84. The van der Waals surface area contributed by atoms with Crippen molar-refractivity contribution in [2.45, 2.75) is 47.0 Å². The Balaban J connectivity index is 0.000000988. The fourth-order valence-electron chi connectivity index (χ4n) is 5.29. The molecule has 0 amide bonds. The molecule has 0 spiro atoms. The van der Waals surface area contributed by atoms with Crippen molar-refractivity contribution in [3.63, 3.8) is 0 Å². The van der Waals surface area contributed by atoms with Gasteiger partial charge in [-0.25, -0.2) is 0 Å². The molecule has 6 unspecified atom stereocenters. The Hall–Kier alpha value is 0.943. The molecule has 0 aromatic rings. The molecule has 2 saturated carbocycles. The van der Waals surface area contributed by atoms with E-state index in [1.165, 1.54) is 19.3 Å². The number of allylic oxidation sites excluding steroid dienone is 4. The fourth-order valence-corrected chi connectivity index (χ4v) is 5.29. The molecule has 0 aromatic heterocycles. The molecule has 0 aliphatic heterocycles. The van der Waals surface area contributed by atoms with Gasteiger partial charge in [-0.3, -0.25) is 0 Å². The molecular weight excluding hydrogens is 414 g/mol. The zero-order valence-corrected chi connectivity index (χ0v) is 20.3. The SMILES string of the molecule is CC1C(C)C(C)C(CC2CC3C=CC=CC3C2)C1C.[CH3-].[CH3-].[Cl][Zr+2][Cl]. The van der Waals surface area contributed by atoms with Crippen LogP contribution in [0.2, 0.25) is 0 Å². The molecule has 24 heavy (non-hydrogen) atoms. The third-order valence-electron chi connectivity index (χ3n) is 7.03. The Kier molecular flexibility index (Phi) is 12.1. The van der Waals surface area contributed by atoms with Crippen LogP contribution < -0.4 is 0 Å². The van der Waals surface area contributed by atoms with Crippen LogP contribution in [0, 0.1) is 62.2 Å². The van der Waals surface area contributed by atoms with Crippen LogP contribution in [0.3, 0.4) is 0 Å². The average Bonchev–Trinajstić information content (AvgIpc) is 2.99. The maximum atomic E-state index is 4.93. The Labute approximate surface area is 170 Å². The number of hydrogen-bond donors (Lipinski definition) is 0. The van der Waals surface area contributed by atoms with Crippen molar-refractivity contribution >= 4 is 17.0 Å². The van der Waals surface area contributed by atoms with Crippen LogP contribution >= 0.6 is 17.0 Å². The van der Waals surface area contributed by atoms with Crippen molar-refractivity contribution in [3.8, 4) is 0 Å². The third kappa shape index (κ3) is 5.72. The summed E-state index contributed by atoms with van der Waals surface area (Å²) < 4.78 is 0. The molecule has 2 fully saturated rings. The maximum absolute atomic E-state index is 4.93. The van der Waals surface area contributed by atoms with Crippen molar-refractivity contribution in [2.75, 3.05) is 0 Å². The minimum atomic E-state index is -0.826. The van der Waals surface area contributed by atoms with Crippen LogP contribution in [-0.4, -0.2) is 0 Å². The molecule has 0 radical (unpaired) electrons. The molecule has 3 rings (SSSR count). The van der Waals surface area contributed by atoms with Gasteiger partial charge in [0.15, 0.2) is 0 Å². The molecule has 6 atom stereocenters. The second-order valence-corrected chi connectivity index (χ2v) is 11.6. The zero-order chi connectivity index (χ0) is 16.3. The molecule has 0 aromatic carbocycles. The van der Waals surface area contributed by atoms with Gasteiger partial charge in [0.05, 0.1) is 0 Å². The third-order valence-corrected chi connectivity index (χ3v) is 7.03. The van der Waals surface area contributed by atoms with Crippen LogP contribution in [0.5, 0.6) is 0 Å². The minimum absolute atomic E-state index is 0. The van der Waals surface area contributed by atoms with Gasteiger partial charge < -0.3 is 14.9 Å². The van der Waals surface area contributed by atoms with Crippen LogP contribution in [-0.2, 0) is 20.8 Å². The van der Waals surface area contributed by atoms with E-state index in [1.807, 2.05) is 0 Å². The molecule has 0 bridgehead atoms. The average molecular weight is 451 g/mol. The van der Waals surface area contributed by atoms with Gasteiger partial charge in [-0.2, -0.15) is 0 Å². The van der Waals surface area contributed by atoms with Crippen molar-refractivity contribution in [1.29, 1.82) is 0 Å². The predicted molar refractivity (Wildman–Crippen MR) is 107 cm³/mol. The van der Waals surface area contributed by atoms with Crippen LogP contribution in [0.1, 0.15) is 47.0 Å². The van der Waals surface area contributed by atoms with Crippen LogP contribution in [0.25, 0.3) is 0 Å². The van der Waals surface area contributed by atoms with E-state index in [0.29, 0.717) is 0 Å². The van der Waals surface area contributed by atoms with Crippen LogP contribution in [0.4, 0.5) is 0 Å². The van der Waals surface area contributed by atoms with Crippen molar-refractivity contribution in [3.05, 3.63) is 39.2 Å². The van der Waals surface area contributed by atoms with Gasteiger partial charge >= 0.3 is 37.9 Å². The number of halogens is 2. The molecule has 138 valence electrons. The number of rotatable bonds is 2. The summed E-state index contributed by atoms with van der Waals surface area (Å²) in [6.45, 7) is 9.98. The standard InChI is InChI=1S/C19H30.2CH3.2ClH.Zr/c1-12-13(2)15(4)19(14(12)3)11-16-9-17-7-5-6-8-18(17)10-16;;;;;/h5-8,12-19H,9-11H2,1-4H3;2*1H3;2*1H;/q;2*-1;;;+4/p-2. The monoisotopic (exact) mass is 448 g/mol. The first kappa shape index (κ1) is 24.9. The van der Waals surface area contributed by atoms with E-state index < -0.39 is 20.8 Å². The molecule has 3 aliphatic rings. The normalized spacial score (nSPS) is 42.1. The fraction of sp³-hybridized carbons (Fsp3) is 0.714. The summed E-state index contributed by atoms with van der Waals surface area (Å²) in [5.74, 6) is 7.37. The van der Waals surface area contributed by atoms with Gasteiger partial charge in [0, 0.05) is 0 Å². The first-order chi connectivity index (χ1) is 10.5. The molecule has 0 saturated heterocycles. The van der Waals surface area contributed by atoms with Crippen molar-refractivity contribution < 1.29 is 20.8 Å². The van der Waals surface area contributed by atoms with E-state index in [-0.39, 0.29) is 14.9 Å². The Morgan fingerprint density at radius 1 is 0.792 bits per heavy atom. The zero-order valence-electron chi connectivity index (χ0n) is 16.3. The van der Waals surface area contributed by atoms with E-state index in [1.54, 1.807) is 0 Å². The molecular formula is C21H36Cl2Zr. The molecule has 0 heterocycles. The van der Waals surface area contributed by atoms with Crippen LogP contribution in [0.15, 0.2) is 24.3 Å². The summed E-state index contributed by atoms with van der Waals surface area (Å²) in [4.78, 5) is 0. The second kappa shape index (κ2) is 11.6. The summed E-state index contributed by atoms with van der Waals surface area (Å²) >= 11 is -0.826. The van der Waals surface area contributed by atoms with Gasteiger partial charge in [-0.15, -0.1) is 0 Å². The van der Waals surface area contributed by atoms with E-state index in [0.717, 1.165) is 47.3 Å². The number of fused-ring (bicyclic) bond motifs is 1. The summed E-state index contributed by atoms with van der Waals surface area (Å²) in [7, 11) is 9.87. The first-order valence-corrected chi connectivity index (χ1v) is 15.1. The van der Waals surface area contributed by atoms with E-state index >= 15 is 0 Å². The van der Waals surface area contributed by atoms with Gasteiger partial charge in [0.1, 0.15) is 0 Å². The van der Waals surface area contributed by atoms with Gasteiger partial charge in [-0.05, 0) is 66.6 Å².